The molecule has 1 aliphatic heterocycles. The Morgan fingerprint density at radius 2 is 1.76 bits per heavy atom. The predicted octanol–water partition coefficient (Wildman–Crippen LogP) is 6.46. The minimum atomic E-state index is -0.241. The number of rotatable bonds is 4. The molecule has 33 heavy (non-hydrogen) atoms. The Kier molecular flexibility index (Phi) is 5.64. The molecule has 0 unspecified atom stereocenters. The number of benzene rings is 2. The summed E-state index contributed by atoms with van der Waals surface area (Å²) in [6.45, 7) is 3.75. The first-order chi connectivity index (χ1) is 15.9. The van der Waals surface area contributed by atoms with Gasteiger partial charge in [0.2, 0.25) is 0 Å². The smallest absolute Gasteiger partial charge is 0.174 e. The molecule has 0 saturated carbocycles. The number of thiocarbonyl (C=S) groups is 1. The van der Waals surface area contributed by atoms with Crippen molar-refractivity contribution in [1.29, 1.82) is 0 Å². The highest BCUT2D eigenvalue weighted by atomic mass is 35.5. The first-order valence-corrected chi connectivity index (χ1v) is 11.4. The molecule has 0 amide bonds. The van der Waals surface area contributed by atoms with Crippen LogP contribution < -0.4 is 10.2 Å². The first-order valence-electron chi connectivity index (χ1n) is 10.6. The largest absolute Gasteiger partial charge is 0.351 e. The first kappa shape index (κ1) is 21.6. The van der Waals surface area contributed by atoms with Crippen LogP contribution in [0.3, 0.4) is 0 Å². The minimum Gasteiger partial charge on any atom is -0.351 e. The quantitative estimate of drug-likeness (QED) is 0.343. The monoisotopic (exact) mass is 476 g/mol. The van der Waals surface area contributed by atoms with Crippen LogP contribution in [-0.4, -0.2) is 14.7 Å². The number of nitrogens with zero attached hydrogens (tertiary/aromatic N) is 3. The van der Waals surface area contributed by atoms with Gasteiger partial charge in [-0.3, -0.25) is 4.98 Å². The lowest BCUT2D eigenvalue weighted by Gasteiger charge is -2.29. The van der Waals surface area contributed by atoms with E-state index in [2.05, 4.69) is 31.9 Å². The number of aromatic nitrogens is 2. The van der Waals surface area contributed by atoms with Crippen LogP contribution in [0.4, 0.5) is 10.1 Å². The van der Waals surface area contributed by atoms with Crippen molar-refractivity contribution < 1.29 is 4.39 Å². The summed E-state index contributed by atoms with van der Waals surface area (Å²) in [5.74, 6) is -0.241. The molecule has 0 bridgehead atoms. The van der Waals surface area contributed by atoms with Gasteiger partial charge in [0, 0.05) is 34.5 Å². The van der Waals surface area contributed by atoms with Crippen molar-refractivity contribution in [3.63, 3.8) is 0 Å². The molecular formula is C26H22ClFN4S. The Balaban J connectivity index is 1.68. The second-order valence-electron chi connectivity index (χ2n) is 8.17. The van der Waals surface area contributed by atoms with Crippen molar-refractivity contribution in [2.24, 2.45) is 0 Å². The van der Waals surface area contributed by atoms with Crippen LogP contribution in [0, 0.1) is 19.7 Å². The van der Waals surface area contributed by atoms with Crippen molar-refractivity contribution in [3.8, 4) is 5.69 Å². The van der Waals surface area contributed by atoms with E-state index in [-0.39, 0.29) is 17.9 Å². The van der Waals surface area contributed by atoms with Gasteiger partial charge >= 0.3 is 0 Å². The highest BCUT2D eigenvalue weighted by Gasteiger charge is 2.42. The van der Waals surface area contributed by atoms with Gasteiger partial charge in [-0.15, -0.1) is 0 Å². The van der Waals surface area contributed by atoms with Crippen LogP contribution >= 0.6 is 23.8 Å². The minimum absolute atomic E-state index is 0.189. The number of pyridine rings is 1. The van der Waals surface area contributed by atoms with Crippen LogP contribution in [0.5, 0.6) is 0 Å². The van der Waals surface area contributed by atoms with Crippen LogP contribution in [0.2, 0.25) is 5.02 Å². The molecule has 1 aliphatic rings. The van der Waals surface area contributed by atoms with Crippen molar-refractivity contribution in [2.45, 2.75) is 25.9 Å². The van der Waals surface area contributed by atoms with Crippen LogP contribution in [0.25, 0.3) is 5.69 Å². The molecule has 4 nitrogen and oxygen atoms in total. The van der Waals surface area contributed by atoms with Crippen molar-refractivity contribution >= 4 is 34.6 Å². The molecule has 2 aromatic carbocycles. The fourth-order valence-corrected chi connectivity index (χ4v) is 4.82. The van der Waals surface area contributed by atoms with E-state index in [0.29, 0.717) is 10.7 Å². The Bertz CT molecular complexity index is 1340. The topological polar surface area (TPSA) is 33.1 Å². The molecular weight excluding hydrogens is 455 g/mol. The van der Waals surface area contributed by atoms with Gasteiger partial charge < -0.3 is 14.8 Å². The highest BCUT2D eigenvalue weighted by Crippen LogP contribution is 2.42. The molecule has 2 aromatic heterocycles. The van der Waals surface area contributed by atoms with Crippen molar-refractivity contribution in [2.75, 3.05) is 4.90 Å². The molecule has 4 aromatic rings. The maximum absolute atomic E-state index is 14.1. The molecule has 0 radical (unpaired) electrons. The van der Waals surface area contributed by atoms with E-state index >= 15 is 0 Å². The zero-order valence-corrected chi connectivity index (χ0v) is 19.7. The van der Waals surface area contributed by atoms with Crippen LogP contribution in [0.15, 0.2) is 79.1 Å². The van der Waals surface area contributed by atoms with Gasteiger partial charge in [-0.05, 0) is 97.9 Å². The maximum Gasteiger partial charge on any atom is 0.174 e. The molecule has 5 rings (SSSR count). The SMILES string of the molecule is Cc1cc(N2C(=S)N[C@H](c3ccccn3)[C@@H]2c2cccn2-c2ccc(Cl)c(C)c2)ccc1F. The number of aryl methyl sites for hydroxylation is 2. The summed E-state index contributed by atoms with van der Waals surface area (Å²) in [5.41, 5.74) is 5.31. The van der Waals surface area contributed by atoms with Gasteiger partial charge in [0.15, 0.2) is 5.11 Å². The van der Waals surface area contributed by atoms with Crippen LogP contribution in [0.1, 0.15) is 34.6 Å². The zero-order chi connectivity index (χ0) is 23.1. The maximum atomic E-state index is 14.1. The molecule has 0 aliphatic carbocycles. The van der Waals surface area contributed by atoms with E-state index in [4.69, 9.17) is 23.8 Å². The average Bonchev–Trinajstić information content (AvgIpc) is 3.42. The van der Waals surface area contributed by atoms with Crippen LogP contribution in [-0.2, 0) is 0 Å². The molecule has 7 heteroatoms. The number of hydrogen-bond donors (Lipinski definition) is 1. The number of anilines is 1. The van der Waals surface area contributed by atoms with Crippen molar-refractivity contribution in [3.05, 3.63) is 112 Å². The fraction of sp³-hybridized carbons (Fsp3) is 0.154. The summed E-state index contributed by atoms with van der Waals surface area (Å²) < 4.78 is 16.2. The second-order valence-corrected chi connectivity index (χ2v) is 8.96. The number of halogens is 2. The Hall–Kier alpha value is -3.22. The molecule has 166 valence electrons. The Morgan fingerprint density at radius 1 is 0.970 bits per heavy atom. The van der Waals surface area contributed by atoms with E-state index in [9.17, 15) is 4.39 Å². The summed E-state index contributed by atoms with van der Waals surface area (Å²) in [6.07, 6.45) is 3.81. The fourth-order valence-electron chi connectivity index (χ4n) is 4.36. The van der Waals surface area contributed by atoms with Gasteiger partial charge in [0.1, 0.15) is 11.9 Å². The van der Waals surface area contributed by atoms with E-state index in [1.807, 2.05) is 55.6 Å². The van der Waals surface area contributed by atoms with Gasteiger partial charge in [-0.2, -0.15) is 0 Å². The summed E-state index contributed by atoms with van der Waals surface area (Å²) in [5, 5.41) is 4.76. The molecule has 1 fully saturated rings. The second kappa shape index (κ2) is 8.61. The van der Waals surface area contributed by atoms with Crippen molar-refractivity contribution in [1.82, 2.24) is 14.9 Å². The number of hydrogen-bond acceptors (Lipinski definition) is 2. The standard InChI is InChI=1S/C26H22ClFN4S/c1-16-14-18(8-10-20(16)27)31-13-5-7-23(31)25-24(22-6-3-4-12-29-22)30-26(33)32(25)19-9-11-21(28)17(2)15-19/h3-15,24-25H,1-2H3,(H,30,33)/t24-,25+/m1/s1. The van der Waals surface area contributed by atoms with E-state index in [0.717, 1.165) is 33.3 Å². The Labute approximate surface area is 202 Å². The molecule has 1 N–H and O–H groups in total. The number of nitrogens with one attached hydrogen (secondary N) is 1. The van der Waals surface area contributed by atoms with Gasteiger partial charge in [0.25, 0.3) is 0 Å². The highest BCUT2D eigenvalue weighted by molar-refractivity contribution is 7.80. The van der Waals surface area contributed by atoms with E-state index < -0.39 is 0 Å². The summed E-state index contributed by atoms with van der Waals surface area (Å²) in [6, 6.07) is 20.6. The lowest BCUT2D eigenvalue weighted by molar-refractivity contribution is 0.549. The molecule has 0 spiro atoms. The molecule has 3 heterocycles. The summed E-state index contributed by atoms with van der Waals surface area (Å²) >= 11 is 12.1. The zero-order valence-electron chi connectivity index (χ0n) is 18.2. The third-order valence-corrected chi connectivity index (χ3v) is 6.76. The lowest BCUT2D eigenvalue weighted by Crippen LogP contribution is -2.30. The normalized spacial score (nSPS) is 17.9. The molecule has 2 atom stereocenters. The molecule has 1 saturated heterocycles. The Morgan fingerprint density at radius 3 is 2.48 bits per heavy atom. The summed E-state index contributed by atoms with van der Waals surface area (Å²) in [7, 11) is 0. The third kappa shape index (κ3) is 3.90. The van der Waals surface area contributed by atoms with Gasteiger partial charge in [0.05, 0.1) is 11.7 Å². The lowest BCUT2D eigenvalue weighted by atomic mass is 10.0. The average molecular weight is 477 g/mol. The van der Waals surface area contributed by atoms with E-state index in [1.54, 1.807) is 19.2 Å². The predicted molar refractivity (Wildman–Crippen MR) is 135 cm³/mol. The third-order valence-electron chi connectivity index (χ3n) is 6.02. The van der Waals surface area contributed by atoms with E-state index in [1.165, 1.54) is 6.07 Å². The summed E-state index contributed by atoms with van der Waals surface area (Å²) in [4.78, 5) is 6.66. The van der Waals surface area contributed by atoms with Gasteiger partial charge in [-0.1, -0.05) is 17.7 Å². The van der Waals surface area contributed by atoms with Gasteiger partial charge in [-0.25, -0.2) is 4.39 Å².